The molecule has 2 heterocycles. The Morgan fingerprint density at radius 1 is 1.60 bits per heavy atom. The average Bonchev–Trinajstić information content (AvgIpc) is 2.74. The lowest BCUT2D eigenvalue weighted by Gasteiger charge is -1.87. The molecular weight excluding hydrogens is 283 g/mol. The Hall–Kier alpha value is -0.850. The smallest absolute Gasteiger partial charge is 0.274 e. The van der Waals surface area contributed by atoms with E-state index in [2.05, 4.69) is 36.4 Å². The van der Waals surface area contributed by atoms with Gasteiger partial charge in [-0.25, -0.2) is 0 Å². The lowest BCUT2D eigenvalue weighted by molar-refractivity contribution is 0.419. The fraction of sp³-hybridized carbons (Fsp3) is 0.250. The van der Waals surface area contributed by atoms with Crippen molar-refractivity contribution in [1.29, 1.82) is 0 Å². The predicted molar refractivity (Wildman–Crippen MR) is 61.8 cm³/mol. The van der Waals surface area contributed by atoms with Crippen molar-refractivity contribution >= 4 is 28.3 Å². The van der Waals surface area contributed by atoms with Gasteiger partial charge in [0.05, 0.1) is 6.54 Å². The van der Waals surface area contributed by atoms with Gasteiger partial charge in [-0.3, -0.25) is 0 Å². The molecule has 0 saturated carbocycles. The second kappa shape index (κ2) is 5.29. The van der Waals surface area contributed by atoms with E-state index in [0.717, 1.165) is 10.2 Å². The molecule has 0 radical (unpaired) electrons. The third kappa shape index (κ3) is 2.80. The van der Waals surface area contributed by atoms with E-state index in [-0.39, 0.29) is 12.4 Å². The van der Waals surface area contributed by atoms with E-state index in [1.807, 2.05) is 19.3 Å². The van der Waals surface area contributed by atoms with Crippen molar-refractivity contribution in [1.82, 2.24) is 20.4 Å². The molecule has 0 bridgehead atoms. The molecular formula is C8H10BrClN4O. The summed E-state index contributed by atoms with van der Waals surface area (Å²) in [7, 11) is 1.83. The minimum absolute atomic E-state index is 0. The molecule has 7 heteroatoms. The zero-order valence-electron chi connectivity index (χ0n) is 7.95. The van der Waals surface area contributed by atoms with E-state index in [4.69, 9.17) is 4.52 Å². The van der Waals surface area contributed by atoms with Crippen LogP contribution in [0.15, 0.2) is 21.3 Å². The number of halogens is 2. The number of aromatic amines is 1. The summed E-state index contributed by atoms with van der Waals surface area (Å²) in [6.07, 6.45) is 1.82. The zero-order chi connectivity index (χ0) is 9.97. The molecule has 0 aromatic carbocycles. The molecule has 0 spiro atoms. The van der Waals surface area contributed by atoms with E-state index in [0.29, 0.717) is 18.3 Å². The monoisotopic (exact) mass is 292 g/mol. The first kappa shape index (κ1) is 12.2. The van der Waals surface area contributed by atoms with Crippen LogP contribution in [0.25, 0.3) is 11.6 Å². The molecule has 82 valence electrons. The third-order valence-electron chi connectivity index (χ3n) is 1.68. The lowest BCUT2D eigenvalue weighted by Crippen LogP contribution is -2.06. The molecule has 5 nitrogen and oxygen atoms in total. The fourth-order valence-corrected chi connectivity index (χ4v) is 1.43. The van der Waals surface area contributed by atoms with Gasteiger partial charge in [-0.05, 0) is 29.0 Å². The highest BCUT2D eigenvalue weighted by atomic mass is 79.9. The maximum atomic E-state index is 5.06. The second-order valence-corrected chi connectivity index (χ2v) is 3.69. The molecule has 2 aromatic rings. The van der Waals surface area contributed by atoms with Crippen LogP contribution in [0, 0.1) is 0 Å². The van der Waals surface area contributed by atoms with Crippen LogP contribution in [0.3, 0.4) is 0 Å². The molecule has 0 aliphatic heterocycles. The SMILES string of the molecule is CNCc1noc(-c2cc(Br)c[nH]2)n1.Cl. The van der Waals surface area contributed by atoms with Crippen LogP contribution in [-0.2, 0) is 6.54 Å². The molecule has 0 saturated heterocycles. The number of nitrogens with one attached hydrogen (secondary N) is 2. The van der Waals surface area contributed by atoms with Crippen LogP contribution in [0.2, 0.25) is 0 Å². The highest BCUT2D eigenvalue weighted by Gasteiger charge is 2.09. The molecule has 0 unspecified atom stereocenters. The Morgan fingerprint density at radius 2 is 2.40 bits per heavy atom. The lowest BCUT2D eigenvalue weighted by atomic mass is 10.4. The summed E-state index contributed by atoms with van der Waals surface area (Å²) >= 11 is 3.33. The summed E-state index contributed by atoms with van der Waals surface area (Å²) in [4.78, 5) is 7.20. The maximum Gasteiger partial charge on any atom is 0.274 e. The van der Waals surface area contributed by atoms with Gasteiger partial charge in [-0.2, -0.15) is 4.98 Å². The van der Waals surface area contributed by atoms with Crippen LogP contribution in [0.5, 0.6) is 0 Å². The number of nitrogens with zero attached hydrogens (tertiary/aromatic N) is 2. The molecule has 2 aromatic heterocycles. The highest BCUT2D eigenvalue weighted by Crippen LogP contribution is 2.19. The van der Waals surface area contributed by atoms with E-state index in [1.54, 1.807) is 0 Å². The van der Waals surface area contributed by atoms with Gasteiger partial charge in [0.25, 0.3) is 5.89 Å². The Balaban J connectivity index is 0.00000112. The van der Waals surface area contributed by atoms with E-state index < -0.39 is 0 Å². The third-order valence-corrected chi connectivity index (χ3v) is 2.14. The predicted octanol–water partition coefficient (Wildman–Crippen LogP) is 1.97. The first-order chi connectivity index (χ1) is 6.79. The number of aromatic nitrogens is 3. The van der Waals surface area contributed by atoms with Gasteiger partial charge in [0.1, 0.15) is 5.69 Å². The summed E-state index contributed by atoms with van der Waals surface area (Å²) in [5.74, 6) is 1.15. The van der Waals surface area contributed by atoms with Gasteiger partial charge < -0.3 is 14.8 Å². The molecule has 15 heavy (non-hydrogen) atoms. The first-order valence-electron chi connectivity index (χ1n) is 4.11. The minimum Gasteiger partial charge on any atom is -0.356 e. The average molecular weight is 294 g/mol. The van der Waals surface area contributed by atoms with Crippen molar-refractivity contribution in [3.05, 3.63) is 22.6 Å². The zero-order valence-corrected chi connectivity index (χ0v) is 10.4. The van der Waals surface area contributed by atoms with Crippen molar-refractivity contribution in [3.8, 4) is 11.6 Å². The van der Waals surface area contributed by atoms with Crippen LogP contribution < -0.4 is 5.32 Å². The van der Waals surface area contributed by atoms with Gasteiger partial charge in [0, 0.05) is 10.7 Å². The molecule has 0 amide bonds. The van der Waals surface area contributed by atoms with Crippen molar-refractivity contribution in [2.24, 2.45) is 0 Å². The molecule has 2 rings (SSSR count). The van der Waals surface area contributed by atoms with Gasteiger partial charge >= 0.3 is 0 Å². The largest absolute Gasteiger partial charge is 0.356 e. The summed E-state index contributed by atoms with van der Waals surface area (Å²) < 4.78 is 6.02. The number of rotatable bonds is 3. The van der Waals surface area contributed by atoms with Crippen LogP contribution in [0.1, 0.15) is 5.82 Å². The summed E-state index contributed by atoms with van der Waals surface area (Å²) in [5, 5.41) is 6.76. The highest BCUT2D eigenvalue weighted by molar-refractivity contribution is 9.10. The Bertz CT molecular complexity index is 428. The standard InChI is InChI=1S/C8H9BrN4O.ClH/c1-10-4-7-12-8(14-13-7)6-2-5(9)3-11-6;/h2-3,10-11H,4H2,1H3;1H. The number of H-pyrrole nitrogens is 1. The van der Waals surface area contributed by atoms with Gasteiger partial charge in [-0.15, -0.1) is 12.4 Å². The molecule has 2 N–H and O–H groups in total. The quantitative estimate of drug-likeness (QED) is 0.908. The normalized spacial score (nSPS) is 10.0. The molecule has 0 atom stereocenters. The molecule has 0 aliphatic carbocycles. The topological polar surface area (TPSA) is 66.7 Å². The van der Waals surface area contributed by atoms with Gasteiger partial charge in [-0.1, -0.05) is 5.16 Å². The van der Waals surface area contributed by atoms with Crippen molar-refractivity contribution in [3.63, 3.8) is 0 Å². The number of hydrogen-bond donors (Lipinski definition) is 2. The van der Waals surface area contributed by atoms with Crippen LogP contribution in [0.4, 0.5) is 0 Å². The molecule has 0 fully saturated rings. The van der Waals surface area contributed by atoms with Crippen molar-refractivity contribution in [2.45, 2.75) is 6.54 Å². The Labute approximate surface area is 101 Å². The minimum atomic E-state index is 0. The van der Waals surface area contributed by atoms with Crippen LogP contribution >= 0.6 is 28.3 Å². The summed E-state index contributed by atoms with van der Waals surface area (Å²) in [6.45, 7) is 0.603. The first-order valence-corrected chi connectivity index (χ1v) is 4.90. The summed E-state index contributed by atoms with van der Waals surface area (Å²) in [6, 6.07) is 1.89. The molecule has 0 aliphatic rings. The van der Waals surface area contributed by atoms with Crippen LogP contribution in [-0.4, -0.2) is 22.2 Å². The number of hydrogen-bond acceptors (Lipinski definition) is 4. The van der Waals surface area contributed by atoms with Crippen molar-refractivity contribution in [2.75, 3.05) is 7.05 Å². The van der Waals surface area contributed by atoms with E-state index in [9.17, 15) is 0 Å². The fourth-order valence-electron chi connectivity index (χ4n) is 1.08. The Kier molecular flexibility index (Phi) is 4.31. The van der Waals surface area contributed by atoms with E-state index >= 15 is 0 Å². The Morgan fingerprint density at radius 3 is 3.00 bits per heavy atom. The van der Waals surface area contributed by atoms with Gasteiger partial charge in [0.15, 0.2) is 5.82 Å². The van der Waals surface area contributed by atoms with E-state index in [1.165, 1.54) is 0 Å². The second-order valence-electron chi connectivity index (χ2n) is 2.78. The maximum absolute atomic E-state index is 5.06. The van der Waals surface area contributed by atoms with Crippen molar-refractivity contribution < 1.29 is 4.52 Å². The summed E-state index contributed by atoms with van der Waals surface area (Å²) in [5.41, 5.74) is 0.812. The van der Waals surface area contributed by atoms with Gasteiger partial charge in [0.2, 0.25) is 0 Å².